The zero-order valence-electron chi connectivity index (χ0n) is 27.0. The van der Waals surface area contributed by atoms with Crippen LogP contribution >= 0.6 is 0 Å². The van der Waals surface area contributed by atoms with Crippen LogP contribution in [-0.4, -0.2) is 89.5 Å². The van der Waals surface area contributed by atoms with Gasteiger partial charge in [0.2, 0.25) is 0 Å². The molecule has 7 nitrogen and oxygen atoms in total. The molecule has 0 amide bonds. The minimum atomic E-state index is -0.729. The first-order chi connectivity index (χ1) is 19.7. The molecule has 0 spiro atoms. The van der Waals surface area contributed by atoms with Gasteiger partial charge < -0.3 is 33.5 Å². The van der Waals surface area contributed by atoms with E-state index in [9.17, 15) is 5.11 Å². The Labute approximate surface area is 248 Å². The topological polar surface area (TPSA) is 75.6 Å². The van der Waals surface area contributed by atoms with E-state index in [0.29, 0.717) is 26.4 Å². The van der Waals surface area contributed by atoms with Crippen molar-refractivity contribution in [3.8, 4) is 0 Å². The van der Waals surface area contributed by atoms with Gasteiger partial charge in [0.1, 0.15) is 18.3 Å². The minimum absolute atomic E-state index is 0.186. The largest absolute Gasteiger partial charge is 0.388 e. The van der Waals surface area contributed by atoms with Crippen molar-refractivity contribution in [1.29, 1.82) is 0 Å². The zero-order chi connectivity index (χ0) is 29.4. The Morgan fingerprint density at radius 1 is 0.375 bits per heavy atom. The van der Waals surface area contributed by atoms with E-state index in [1.54, 1.807) is 0 Å². The highest BCUT2D eigenvalue weighted by atomic mass is 16.6. The molecule has 0 atom stereocenters. The molecule has 0 aromatic heterocycles. The van der Waals surface area contributed by atoms with Crippen LogP contribution in [0.1, 0.15) is 130 Å². The fourth-order valence-electron chi connectivity index (χ4n) is 4.21. The summed E-state index contributed by atoms with van der Waals surface area (Å²) >= 11 is 0. The summed E-state index contributed by atoms with van der Waals surface area (Å²) in [6, 6.07) is 0. The van der Waals surface area contributed by atoms with Gasteiger partial charge >= 0.3 is 0 Å². The molecule has 0 saturated carbocycles. The lowest BCUT2D eigenvalue weighted by Gasteiger charge is -2.23. The summed E-state index contributed by atoms with van der Waals surface area (Å²) in [7, 11) is 0. The molecule has 0 bridgehead atoms. The van der Waals surface area contributed by atoms with Gasteiger partial charge in [-0.05, 0) is 25.7 Å². The van der Waals surface area contributed by atoms with Gasteiger partial charge in [-0.3, -0.25) is 0 Å². The second-order valence-corrected chi connectivity index (χ2v) is 11.1. The Bertz CT molecular complexity index is 394. The van der Waals surface area contributed by atoms with Crippen molar-refractivity contribution in [2.45, 2.75) is 149 Å². The average molecular weight is 577 g/mol. The first kappa shape index (κ1) is 39.7. The van der Waals surface area contributed by atoms with E-state index < -0.39 is 6.10 Å². The molecule has 0 unspecified atom stereocenters. The Hall–Kier alpha value is -0.280. The summed E-state index contributed by atoms with van der Waals surface area (Å²) in [4.78, 5) is 0. The van der Waals surface area contributed by atoms with Crippen LogP contribution in [0.15, 0.2) is 0 Å². The van der Waals surface area contributed by atoms with E-state index >= 15 is 0 Å². The van der Waals surface area contributed by atoms with Crippen LogP contribution in [0, 0.1) is 0 Å². The standard InChI is InChI=1S/C33H68O7/c1-5-9-13-17-21-35-27-32(28-36-22-18-14-10-6-2)39-25-31(34)26-40-33(29-37-23-19-15-11-7-3)30-38-24-20-16-12-8-4/h31-34H,5-30H2,1-4H3. The molecule has 242 valence electrons. The Morgan fingerprint density at radius 2 is 0.650 bits per heavy atom. The maximum absolute atomic E-state index is 10.6. The predicted octanol–water partition coefficient (Wildman–Crippen LogP) is 7.51. The second kappa shape index (κ2) is 33.2. The van der Waals surface area contributed by atoms with Gasteiger partial charge in [0.15, 0.2) is 0 Å². The van der Waals surface area contributed by atoms with Gasteiger partial charge in [-0.25, -0.2) is 0 Å². The molecule has 0 aromatic rings. The van der Waals surface area contributed by atoms with Crippen molar-refractivity contribution < 1.29 is 33.5 Å². The number of hydrogen-bond acceptors (Lipinski definition) is 7. The van der Waals surface area contributed by atoms with Crippen molar-refractivity contribution in [1.82, 2.24) is 0 Å². The molecule has 40 heavy (non-hydrogen) atoms. The normalized spacial score (nSPS) is 12.0. The van der Waals surface area contributed by atoms with E-state index in [4.69, 9.17) is 28.4 Å². The molecule has 0 radical (unpaired) electrons. The average Bonchev–Trinajstić information content (AvgIpc) is 2.96. The minimum Gasteiger partial charge on any atom is -0.388 e. The van der Waals surface area contributed by atoms with E-state index in [-0.39, 0.29) is 25.4 Å². The molecule has 7 heteroatoms. The number of aliphatic hydroxyl groups is 1. The summed E-state index contributed by atoms with van der Waals surface area (Å²) in [5.74, 6) is 0. The van der Waals surface area contributed by atoms with Crippen LogP contribution in [0.2, 0.25) is 0 Å². The molecule has 0 aromatic carbocycles. The second-order valence-electron chi connectivity index (χ2n) is 11.1. The van der Waals surface area contributed by atoms with E-state index in [0.717, 1.165) is 52.1 Å². The molecule has 0 rings (SSSR count). The van der Waals surface area contributed by atoms with Crippen molar-refractivity contribution >= 4 is 0 Å². The van der Waals surface area contributed by atoms with Crippen LogP contribution in [0.3, 0.4) is 0 Å². The fourth-order valence-corrected chi connectivity index (χ4v) is 4.21. The lowest BCUT2D eigenvalue weighted by atomic mass is 10.2. The monoisotopic (exact) mass is 576 g/mol. The predicted molar refractivity (Wildman–Crippen MR) is 165 cm³/mol. The number of hydrogen-bond donors (Lipinski definition) is 1. The Morgan fingerprint density at radius 3 is 0.900 bits per heavy atom. The van der Waals surface area contributed by atoms with Gasteiger partial charge in [-0.15, -0.1) is 0 Å². The number of unbranched alkanes of at least 4 members (excludes halogenated alkanes) is 12. The third-order valence-corrected chi connectivity index (χ3v) is 6.83. The van der Waals surface area contributed by atoms with E-state index in [1.807, 2.05) is 0 Å². The van der Waals surface area contributed by atoms with Crippen LogP contribution in [0.4, 0.5) is 0 Å². The molecular formula is C33H68O7. The molecule has 0 saturated heterocycles. The maximum Gasteiger partial charge on any atom is 0.104 e. The van der Waals surface area contributed by atoms with Crippen molar-refractivity contribution in [2.24, 2.45) is 0 Å². The summed E-state index contributed by atoms with van der Waals surface area (Å²) in [5.41, 5.74) is 0. The third-order valence-electron chi connectivity index (χ3n) is 6.83. The van der Waals surface area contributed by atoms with Crippen LogP contribution in [0.25, 0.3) is 0 Å². The highest BCUT2D eigenvalue weighted by Gasteiger charge is 2.17. The van der Waals surface area contributed by atoms with Crippen LogP contribution in [0.5, 0.6) is 0 Å². The summed E-state index contributed by atoms with van der Waals surface area (Å²) < 4.78 is 35.5. The SMILES string of the molecule is CCCCCCOCC(COCCCCCC)OCC(O)COC(COCCCCCC)COCCCCCC. The lowest BCUT2D eigenvalue weighted by Crippen LogP contribution is -2.34. The van der Waals surface area contributed by atoms with Crippen molar-refractivity contribution in [3.05, 3.63) is 0 Å². The zero-order valence-corrected chi connectivity index (χ0v) is 27.0. The first-order valence-corrected chi connectivity index (χ1v) is 16.9. The number of rotatable bonds is 34. The van der Waals surface area contributed by atoms with E-state index in [1.165, 1.54) is 77.0 Å². The lowest BCUT2D eigenvalue weighted by molar-refractivity contribution is -0.115. The van der Waals surface area contributed by atoms with Gasteiger partial charge in [-0.1, -0.05) is 105 Å². The molecule has 0 aliphatic rings. The highest BCUT2D eigenvalue weighted by molar-refractivity contribution is 4.63. The molecule has 0 heterocycles. The smallest absolute Gasteiger partial charge is 0.104 e. The Balaban J connectivity index is 4.47. The molecule has 0 fully saturated rings. The first-order valence-electron chi connectivity index (χ1n) is 16.9. The third kappa shape index (κ3) is 29.2. The van der Waals surface area contributed by atoms with Crippen molar-refractivity contribution in [2.75, 3.05) is 66.1 Å². The molecule has 1 N–H and O–H groups in total. The van der Waals surface area contributed by atoms with Gasteiger partial charge in [0.25, 0.3) is 0 Å². The van der Waals surface area contributed by atoms with Gasteiger partial charge in [0.05, 0.1) is 39.6 Å². The molecule has 0 aliphatic carbocycles. The van der Waals surface area contributed by atoms with Gasteiger partial charge in [0, 0.05) is 26.4 Å². The van der Waals surface area contributed by atoms with Gasteiger partial charge in [-0.2, -0.15) is 0 Å². The maximum atomic E-state index is 10.6. The summed E-state index contributed by atoms with van der Waals surface area (Å²) in [6.45, 7) is 14.1. The van der Waals surface area contributed by atoms with Crippen LogP contribution in [-0.2, 0) is 28.4 Å². The summed E-state index contributed by atoms with van der Waals surface area (Å²) in [6.07, 6.45) is 17.8. The Kier molecular flexibility index (Phi) is 33.0. The van der Waals surface area contributed by atoms with Crippen molar-refractivity contribution in [3.63, 3.8) is 0 Å². The molecular weight excluding hydrogens is 508 g/mol. The summed E-state index contributed by atoms with van der Waals surface area (Å²) in [5, 5.41) is 10.6. The molecule has 0 aliphatic heterocycles. The quantitative estimate of drug-likeness (QED) is 0.0795. The highest BCUT2D eigenvalue weighted by Crippen LogP contribution is 2.07. The number of aliphatic hydroxyl groups excluding tert-OH is 1. The number of ether oxygens (including phenoxy) is 6. The van der Waals surface area contributed by atoms with Crippen LogP contribution < -0.4 is 0 Å². The van der Waals surface area contributed by atoms with E-state index in [2.05, 4.69) is 27.7 Å². The fraction of sp³-hybridized carbons (Fsp3) is 1.00.